The second-order valence-electron chi connectivity index (χ2n) is 6.02. The van der Waals surface area contributed by atoms with Gasteiger partial charge in [-0.2, -0.15) is 0 Å². The summed E-state index contributed by atoms with van der Waals surface area (Å²) >= 11 is 0. The van der Waals surface area contributed by atoms with E-state index < -0.39 is 17.5 Å². The summed E-state index contributed by atoms with van der Waals surface area (Å²) in [6, 6.07) is 4.92. The molecular formula is C18H19F3N2O2. The number of nitrogens with two attached hydrogens (primary N) is 1. The van der Waals surface area contributed by atoms with Crippen LogP contribution in [0, 0.1) is 23.4 Å². The molecule has 0 atom stereocenters. The quantitative estimate of drug-likeness (QED) is 0.737. The fourth-order valence-electron chi connectivity index (χ4n) is 2.43. The Labute approximate surface area is 143 Å². The van der Waals surface area contributed by atoms with Gasteiger partial charge in [0, 0.05) is 12.6 Å². The number of hydrogen-bond donors (Lipinski definition) is 2. The molecule has 1 saturated carbocycles. The number of anilines is 2. The molecule has 3 N–H and O–H groups in total. The van der Waals surface area contributed by atoms with Crippen molar-refractivity contribution in [3.8, 4) is 11.5 Å². The maximum Gasteiger partial charge on any atom is 0.167 e. The molecule has 134 valence electrons. The van der Waals surface area contributed by atoms with Gasteiger partial charge in [-0.25, -0.2) is 13.2 Å². The first-order chi connectivity index (χ1) is 12.0. The van der Waals surface area contributed by atoms with Crippen LogP contribution in [0.15, 0.2) is 24.3 Å². The second-order valence-corrected chi connectivity index (χ2v) is 6.02. The van der Waals surface area contributed by atoms with Gasteiger partial charge in [-0.05, 0) is 37.0 Å². The van der Waals surface area contributed by atoms with Gasteiger partial charge in [0.1, 0.15) is 17.3 Å². The van der Waals surface area contributed by atoms with Crippen LogP contribution in [0.2, 0.25) is 0 Å². The molecule has 4 nitrogen and oxygen atoms in total. The Hall–Kier alpha value is -2.57. The Morgan fingerprint density at radius 1 is 1.12 bits per heavy atom. The van der Waals surface area contributed by atoms with E-state index in [2.05, 4.69) is 5.32 Å². The molecule has 0 heterocycles. The highest BCUT2D eigenvalue weighted by atomic mass is 19.2. The molecule has 0 aliphatic heterocycles. The van der Waals surface area contributed by atoms with Gasteiger partial charge in [-0.1, -0.05) is 0 Å². The zero-order chi connectivity index (χ0) is 18.0. The molecule has 1 aliphatic carbocycles. The highest BCUT2D eigenvalue weighted by molar-refractivity contribution is 5.64. The van der Waals surface area contributed by atoms with Crippen molar-refractivity contribution >= 4 is 11.4 Å². The third-order valence-corrected chi connectivity index (χ3v) is 4.10. The normalized spacial score (nSPS) is 13.6. The lowest BCUT2D eigenvalue weighted by atomic mass is 10.1. The molecule has 0 saturated heterocycles. The predicted octanol–water partition coefficient (Wildman–Crippen LogP) is 4.10. The molecule has 25 heavy (non-hydrogen) atoms. The predicted molar refractivity (Wildman–Crippen MR) is 89.3 cm³/mol. The third-order valence-electron chi connectivity index (χ3n) is 4.10. The van der Waals surface area contributed by atoms with Gasteiger partial charge < -0.3 is 20.5 Å². The Balaban J connectivity index is 1.82. The van der Waals surface area contributed by atoms with E-state index in [0.717, 1.165) is 25.0 Å². The maximum absolute atomic E-state index is 14.2. The van der Waals surface area contributed by atoms with E-state index >= 15 is 0 Å². The number of benzene rings is 2. The summed E-state index contributed by atoms with van der Waals surface area (Å²) < 4.78 is 52.0. The first-order valence-corrected chi connectivity index (χ1v) is 7.96. The van der Waals surface area contributed by atoms with Crippen LogP contribution in [0.25, 0.3) is 0 Å². The van der Waals surface area contributed by atoms with Crippen LogP contribution >= 0.6 is 0 Å². The third kappa shape index (κ3) is 3.92. The summed E-state index contributed by atoms with van der Waals surface area (Å²) in [6.45, 7) is 0.413. The van der Waals surface area contributed by atoms with Gasteiger partial charge in [-0.3, -0.25) is 0 Å². The number of nitrogens with one attached hydrogen (secondary N) is 1. The first kappa shape index (κ1) is 17.3. The summed E-state index contributed by atoms with van der Waals surface area (Å²) in [5, 5.41) is 2.90. The topological polar surface area (TPSA) is 56.5 Å². The molecule has 0 aromatic heterocycles. The molecule has 3 rings (SSSR count). The monoisotopic (exact) mass is 352 g/mol. The fraction of sp³-hybridized carbons (Fsp3) is 0.333. The molecule has 0 radical (unpaired) electrons. The lowest BCUT2D eigenvalue weighted by Crippen LogP contribution is -2.09. The van der Waals surface area contributed by atoms with E-state index in [9.17, 15) is 13.2 Å². The van der Waals surface area contributed by atoms with Crippen LogP contribution in [0.3, 0.4) is 0 Å². The van der Waals surface area contributed by atoms with Crippen LogP contribution < -0.4 is 20.5 Å². The van der Waals surface area contributed by atoms with Crippen molar-refractivity contribution in [2.45, 2.75) is 19.4 Å². The van der Waals surface area contributed by atoms with Gasteiger partial charge in [0.05, 0.1) is 30.7 Å². The van der Waals surface area contributed by atoms with Crippen LogP contribution in [-0.4, -0.2) is 13.7 Å². The van der Waals surface area contributed by atoms with E-state index in [4.69, 9.17) is 15.2 Å². The average molecular weight is 352 g/mol. The van der Waals surface area contributed by atoms with Crippen molar-refractivity contribution < 1.29 is 22.6 Å². The van der Waals surface area contributed by atoms with Crippen LogP contribution in [0.4, 0.5) is 24.5 Å². The van der Waals surface area contributed by atoms with Crippen LogP contribution in [0.5, 0.6) is 11.5 Å². The molecule has 0 bridgehead atoms. The Kier molecular flexibility index (Phi) is 4.92. The van der Waals surface area contributed by atoms with Crippen molar-refractivity contribution in [2.24, 2.45) is 5.92 Å². The molecule has 0 unspecified atom stereocenters. The van der Waals surface area contributed by atoms with Crippen molar-refractivity contribution in [3.05, 3.63) is 47.3 Å². The van der Waals surface area contributed by atoms with Crippen molar-refractivity contribution in [3.63, 3.8) is 0 Å². The highest BCUT2D eigenvalue weighted by Crippen LogP contribution is 2.33. The van der Waals surface area contributed by atoms with Gasteiger partial charge in [-0.15, -0.1) is 0 Å². The molecule has 2 aromatic carbocycles. The summed E-state index contributed by atoms with van der Waals surface area (Å²) in [7, 11) is 1.38. The summed E-state index contributed by atoms with van der Waals surface area (Å²) in [4.78, 5) is 0. The Morgan fingerprint density at radius 2 is 1.88 bits per heavy atom. The standard InChI is InChI=1S/C18H19F3N2O2/c1-24-17-6-13(20)14(22)7-15(17)23-8-11-16(25-9-10-2-3-10)5-4-12(19)18(11)21/h4-7,10,23H,2-3,8-9,22H2,1H3. The van der Waals surface area contributed by atoms with E-state index in [1.54, 1.807) is 0 Å². The lowest BCUT2D eigenvalue weighted by molar-refractivity contribution is 0.293. The molecule has 1 aliphatic rings. The number of halogens is 3. The summed E-state index contributed by atoms with van der Waals surface area (Å²) in [5.74, 6) is -1.58. The molecular weight excluding hydrogens is 333 g/mol. The number of rotatable bonds is 7. The average Bonchev–Trinajstić information content (AvgIpc) is 3.42. The van der Waals surface area contributed by atoms with Crippen LogP contribution in [-0.2, 0) is 6.54 Å². The first-order valence-electron chi connectivity index (χ1n) is 7.96. The van der Waals surface area contributed by atoms with Gasteiger partial charge in [0.25, 0.3) is 0 Å². The number of nitrogen functional groups attached to an aromatic ring is 1. The number of hydrogen-bond acceptors (Lipinski definition) is 4. The fourth-order valence-corrected chi connectivity index (χ4v) is 2.43. The molecule has 7 heteroatoms. The van der Waals surface area contributed by atoms with E-state index in [0.29, 0.717) is 18.2 Å². The van der Waals surface area contributed by atoms with Crippen molar-refractivity contribution in [1.29, 1.82) is 0 Å². The van der Waals surface area contributed by atoms with Gasteiger partial charge >= 0.3 is 0 Å². The van der Waals surface area contributed by atoms with E-state index in [1.807, 2.05) is 0 Å². The zero-order valence-corrected chi connectivity index (χ0v) is 13.7. The minimum Gasteiger partial charge on any atom is -0.494 e. The van der Waals surface area contributed by atoms with Crippen LogP contribution in [0.1, 0.15) is 18.4 Å². The number of methoxy groups -OCH3 is 1. The molecule has 0 spiro atoms. The van der Waals surface area contributed by atoms with E-state index in [-0.39, 0.29) is 29.3 Å². The minimum atomic E-state index is -0.977. The van der Waals surface area contributed by atoms with Crippen molar-refractivity contribution in [1.82, 2.24) is 0 Å². The van der Waals surface area contributed by atoms with E-state index in [1.165, 1.54) is 19.2 Å². The van der Waals surface area contributed by atoms with Gasteiger partial charge in [0.15, 0.2) is 11.6 Å². The van der Waals surface area contributed by atoms with Gasteiger partial charge in [0.2, 0.25) is 0 Å². The summed E-state index contributed by atoms with van der Waals surface area (Å²) in [6.07, 6.45) is 2.17. The second kappa shape index (κ2) is 7.13. The molecule has 2 aromatic rings. The molecule has 0 amide bonds. The SMILES string of the molecule is COc1cc(F)c(N)cc1NCc1c(OCC2CC2)ccc(F)c1F. The maximum atomic E-state index is 14.2. The highest BCUT2D eigenvalue weighted by Gasteiger charge is 2.23. The summed E-state index contributed by atoms with van der Waals surface area (Å²) in [5.41, 5.74) is 5.91. The molecule has 1 fully saturated rings. The smallest absolute Gasteiger partial charge is 0.167 e. The lowest BCUT2D eigenvalue weighted by Gasteiger charge is -2.16. The Morgan fingerprint density at radius 3 is 2.56 bits per heavy atom. The zero-order valence-electron chi connectivity index (χ0n) is 13.7. The van der Waals surface area contributed by atoms with Crippen molar-refractivity contribution in [2.75, 3.05) is 24.8 Å². The largest absolute Gasteiger partial charge is 0.494 e. The minimum absolute atomic E-state index is 0.0607. The number of ether oxygens (including phenoxy) is 2. The Bertz CT molecular complexity index is 779.